The molecular weight excluding hydrogens is 695 g/mol. The zero-order chi connectivity index (χ0) is 37.2. The Morgan fingerprint density at radius 1 is 0.509 bits per heavy atom. The molecule has 0 saturated carbocycles. The van der Waals surface area contributed by atoms with Gasteiger partial charge in [0.25, 0.3) is 0 Å². The van der Waals surface area contributed by atoms with Crippen LogP contribution in [0.5, 0.6) is 0 Å². The molecule has 5 heteroatoms. The first-order valence-electron chi connectivity index (χ1n) is 19.7. The lowest BCUT2D eigenvalue weighted by atomic mass is 9.89. The van der Waals surface area contributed by atoms with Gasteiger partial charge in [-0.15, -0.1) is 0 Å². The Labute approximate surface area is 328 Å². The number of allylic oxidation sites excluding steroid dienone is 2. The van der Waals surface area contributed by atoms with Crippen molar-refractivity contribution < 1.29 is 0 Å². The van der Waals surface area contributed by atoms with Crippen molar-refractivity contribution in [3.05, 3.63) is 198 Å². The van der Waals surface area contributed by atoms with E-state index in [1.165, 1.54) is 71.4 Å². The zero-order valence-corrected chi connectivity index (χ0v) is 30.8. The van der Waals surface area contributed by atoms with Crippen LogP contribution in [0.3, 0.4) is 0 Å². The molecule has 5 nitrogen and oxygen atoms in total. The number of nitrogens with zero attached hydrogens (tertiary/aromatic N) is 5. The van der Waals surface area contributed by atoms with Crippen molar-refractivity contribution in [1.29, 1.82) is 0 Å². The Morgan fingerprint density at radius 2 is 1.19 bits per heavy atom. The molecule has 0 fully saturated rings. The topological polar surface area (TPSA) is 38.9 Å². The van der Waals surface area contributed by atoms with E-state index in [0.717, 1.165) is 27.8 Å². The molecule has 3 aromatic heterocycles. The van der Waals surface area contributed by atoms with E-state index in [1.54, 1.807) is 0 Å². The summed E-state index contributed by atoms with van der Waals surface area (Å²) in [5, 5.41) is 8.59. The van der Waals surface area contributed by atoms with E-state index in [-0.39, 0.29) is 12.0 Å². The van der Waals surface area contributed by atoms with Crippen LogP contribution in [-0.4, -0.2) is 19.1 Å². The number of rotatable bonds is 4. The second kappa shape index (κ2) is 11.5. The molecule has 0 aliphatic carbocycles. The van der Waals surface area contributed by atoms with Gasteiger partial charge >= 0.3 is 0 Å². The Kier molecular flexibility index (Phi) is 6.22. The molecular formula is C52H33N5. The molecule has 0 saturated heterocycles. The molecule has 0 N–H and O–H groups in total. The Bertz CT molecular complexity index is 3480. The number of benzene rings is 7. The fourth-order valence-electron chi connectivity index (χ4n) is 10.0. The van der Waals surface area contributed by atoms with E-state index in [9.17, 15) is 0 Å². The number of fused-ring (bicyclic) bond motifs is 11. The van der Waals surface area contributed by atoms with Gasteiger partial charge in [0.2, 0.25) is 5.95 Å². The maximum atomic E-state index is 5.47. The van der Waals surface area contributed by atoms with Crippen LogP contribution >= 0.6 is 0 Å². The minimum absolute atomic E-state index is 0.0854. The van der Waals surface area contributed by atoms with Gasteiger partial charge in [0.1, 0.15) is 0 Å². The van der Waals surface area contributed by atoms with Crippen molar-refractivity contribution in [2.45, 2.75) is 12.0 Å². The third-order valence-electron chi connectivity index (χ3n) is 12.4. The predicted octanol–water partition coefficient (Wildman–Crippen LogP) is 11.0. The number of para-hydroxylation sites is 3. The van der Waals surface area contributed by atoms with E-state index in [1.807, 2.05) is 0 Å². The van der Waals surface area contributed by atoms with Gasteiger partial charge < -0.3 is 9.13 Å². The summed E-state index contributed by atoms with van der Waals surface area (Å²) in [6.07, 6.45) is 6.91. The minimum Gasteiger partial charge on any atom is -0.331 e. The molecule has 266 valence electrons. The highest BCUT2D eigenvalue weighted by Crippen LogP contribution is 2.55. The molecule has 3 aliphatic heterocycles. The van der Waals surface area contributed by atoms with Gasteiger partial charge in [-0.05, 0) is 71.3 Å². The molecule has 2 atom stereocenters. The van der Waals surface area contributed by atoms with Gasteiger partial charge in [-0.3, -0.25) is 4.90 Å². The van der Waals surface area contributed by atoms with Gasteiger partial charge in [0.05, 0.1) is 50.9 Å². The van der Waals surface area contributed by atoms with E-state index in [0.29, 0.717) is 5.95 Å². The Balaban J connectivity index is 1.06. The lowest BCUT2D eigenvalue weighted by Crippen LogP contribution is -2.30. The number of hydrogen-bond donors (Lipinski definition) is 0. The van der Waals surface area contributed by atoms with E-state index in [4.69, 9.17) is 9.97 Å². The molecule has 13 rings (SSSR count). The highest BCUT2D eigenvalue weighted by Gasteiger charge is 2.47. The maximum Gasteiger partial charge on any atom is 0.235 e. The lowest BCUT2D eigenvalue weighted by Gasteiger charge is -2.22. The first kappa shape index (κ1) is 30.8. The average Bonchev–Trinajstić information content (AvgIpc) is 4.00. The van der Waals surface area contributed by atoms with Crippen LogP contribution < -0.4 is 15.6 Å². The van der Waals surface area contributed by atoms with Crippen LogP contribution in [0.25, 0.3) is 83.3 Å². The van der Waals surface area contributed by atoms with Crippen molar-refractivity contribution in [2.75, 3.05) is 4.90 Å². The maximum absolute atomic E-state index is 5.47. The first-order chi connectivity index (χ1) is 28.3. The summed E-state index contributed by atoms with van der Waals surface area (Å²) in [7, 11) is 0. The van der Waals surface area contributed by atoms with Crippen LogP contribution in [0.4, 0.5) is 11.6 Å². The minimum atomic E-state index is 0.0854. The molecule has 7 aromatic carbocycles. The summed E-state index contributed by atoms with van der Waals surface area (Å²) in [6.45, 7) is 0. The van der Waals surface area contributed by atoms with Crippen molar-refractivity contribution >= 4 is 66.9 Å². The first-order valence-corrected chi connectivity index (χ1v) is 19.7. The van der Waals surface area contributed by atoms with Gasteiger partial charge in [0.15, 0.2) is 0 Å². The van der Waals surface area contributed by atoms with Gasteiger partial charge in [-0.2, -0.15) is 0 Å². The van der Waals surface area contributed by atoms with Gasteiger partial charge in [0, 0.05) is 43.5 Å². The summed E-state index contributed by atoms with van der Waals surface area (Å²) in [6, 6.07) is 61.3. The normalized spacial score (nSPS) is 16.4. The second-order valence-corrected chi connectivity index (χ2v) is 15.3. The molecule has 57 heavy (non-hydrogen) atoms. The summed E-state index contributed by atoms with van der Waals surface area (Å²) >= 11 is 0. The molecule has 0 spiro atoms. The highest BCUT2D eigenvalue weighted by atomic mass is 15.3. The smallest absolute Gasteiger partial charge is 0.235 e. The van der Waals surface area contributed by atoms with Crippen LogP contribution in [0.1, 0.15) is 17.5 Å². The van der Waals surface area contributed by atoms with Crippen molar-refractivity contribution in [2.24, 2.45) is 0 Å². The van der Waals surface area contributed by atoms with Crippen LogP contribution in [0, 0.1) is 0 Å². The van der Waals surface area contributed by atoms with Crippen LogP contribution in [-0.2, 0) is 0 Å². The molecule has 2 unspecified atom stereocenters. The molecule has 0 amide bonds. The molecule has 3 aliphatic rings. The lowest BCUT2D eigenvalue weighted by molar-refractivity contribution is 0.576. The summed E-state index contributed by atoms with van der Waals surface area (Å²) in [4.78, 5) is 13.2. The summed E-state index contributed by atoms with van der Waals surface area (Å²) in [5.41, 5.74) is 12.6. The predicted molar refractivity (Wildman–Crippen MR) is 233 cm³/mol. The SMILES string of the molecule is C1=CC2C3C(=c4c5ccccc5c(n42)=C1)N(c1nc(-c2ccccc2)c2ccccc2n1)c1ccc(-c2ccc4c(c2)c2ccccc2n4-c2ccccc2)cc13. The molecule has 0 radical (unpaired) electrons. The third kappa shape index (κ3) is 4.23. The van der Waals surface area contributed by atoms with Crippen LogP contribution in [0.2, 0.25) is 0 Å². The average molecular weight is 728 g/mol. The Morgan fingerprint density at radius 3 is 2.05 bits per heavy atom. The molecule has 10 aromatic rings. The van der Waals surface area contributed by atoms with Crippen LogP contribution in [0.15, 0.2) is 182 Å². The number of anilines is 2. The molecule has 0 bridgehead atoms. The molecule has 6 heterocycles. The van der Waals surface area contributed by atoms with E-state index >= 15 is 0 Å². The second-order valence-electron chi connectivity index (χ2n) is 15.3. The highest BCUT2D eigenvalue weighted by molar-refractivity contribution is 6.10. The van der Waals surface area contributed by atoms with E-state index in [2.05, 4.69) is 202 Å². The summed E-state index contributed by atoms with van der Waals surface area (Å²) < 4.78 is 4.95. The monoisotopic (exact) mass is 727 g/mol. The standard InChI is InChI=1S/C52H33N5/c1-3-14-32(15-4-1)49-39-21-9-11-22-42(39)53-52(54-49)57-46-29-27-34(31-41(46)48-47-25-13-24-44-36-18-7-8-20-38(36)50(51(48)57)56(44)47)33-26-28-45-40(30-33)37-19-10-12-23-43(37)55(45)35-16-5-2-6-17-35/h1-31,47-48H. The number of aromatic nitrogens is 4. The number of hydrogen-bond acceptors (Lipinski definition) is 3. The largest absolute Gasteiger partial charge is 0.331 e. The van der Waals surface area contributed by atoms with Crippen molar-refractivity contribution in [1.82, 2.24) is 19.1 Å². The summed E-state index contributed by atoms with van der Waals surface area (Å²) in [5.74, 6) is 0.780. The fraction of sp³-hybridized carbons (Fsp3) is 0.0385. The Hall–Kier alpha value is -7.50. The van der Waals surface area contributed by atoms with Crippen molar-refractivity contribution in [3.8, 4) is 28.1 Å². The zero-order valence-electron chi connectivity index (χ0n) is 30.8. The third-order valence-corrected chi connectivity index (χ3v) is 12.4. The van der Waals surface area contributed by atoms with Crippen molar-refractivity contribution in [3.63, 3.8) is 0 Å². The van der Waals surface area contributed by atoms with Gasteiger partial charge in [-0.1, -0.05) is 133 Å². The van der Waals surface area contributed by atoms with E-state index < -0.39 is 0 Å². The quantitative estimate of drug-likeness (QED) is 0.181. The van der Waals surface area contributed by atoms with Gasteiger partial charge in [-0.25, -0.2) is 9.97 Å². The fourth-order valence-corrected chi connectivity index (χ4v) is 10.0.